The van der Waals surface area contributed by atoms with E-state index in [-0.39, 0.29) is 5.97 Å². The minimum absolute atomic E-state index is 0.330. The van der Waals surface area contributed by atoms with Crippen molar-refractivity contribution in [2.45, 2.75) is 25.7 Å². The van der Waals surface area contributed by atoms with Crippen molar-refractivity contribution in [1.82, 2.24) is 0 Å². The van der Waals surface area contributed by atoms with Gasteiger partial charge in [-0.05, 0) is 43.4 Å². The molecule has 1 saturated carbocycles. The molecule has 3 nitrogen and oxygen atoms in total. The van der Waals surface area contributed by atoms with Gasteiger partial charge in [-0.2, -0.15) is 0 Å². The van der Waals surface area contributed by atoms with Gasteiger partial charge in [-0.3, -0.25) is 4.99 Å². The van der Waals surface area contributed by atoms with Crippen LogP contribution in [0.25, 0.3) is 0 Å². The zero-order chi connectivity index (χ0) is 14.5. The van der Waals surface area contributed by atoms with Crippen LogP contribution in [0.5, 0.6) is 0 Å². The van der Waals surface area contributed by atoms with Gasteiger partial charge in [0.2, 0.25) is 0 Å². The minimum Gasteiger partial charge on any atom is -0.465 e. The van der Waals surface area contributed by atoms with E-state index in [1.165, 1.54) is 31.7 Å². The maximum Gasteiger partial charge on any atom is 0.338 e. The first-order valence-corrected chi connectivity index (χ1v) is 6.75. The standard InChI is InChI=1S/C17H19NO2/c1-4-6-16(18-5-2)14-10-9-13(12-7-8-12)11-15(14)17(19)20-3/h4-6,9-12H,2,7-8H2,1,3H3/b6-4-,18-16?. The van der Waals surface area contributed by atoms with E-state index in [0.717, 1.165) is 5.56 Å². The summed E-state index contributed by atoms with van der Waals surface area (Å²) >= 11 is 0. The number of esters is 1. The van der Waals surface area contributed by atoms with Gasteiger partial charge in [0.15, 0.2) is 0 Å². The predicted octanol–water partition coefficient (Wildman–Crippen LogP) is 3.86. The van der Waals surface area contributed by atoms with E-state index in [4.69, 9.17) is 4.74 Å². The highest BCUT2D eigenvalue weighted by atomic mass is 16.5. The van der Waals surface area contributed by atoms with Crippen molar-refractivity contribution >= 4 is 11.7 Å². The average molecular weight is 269 g/mol. The fraction of sp³-hybridized carbons (Fsp3) is 0.294. The molecule has 20 heavy (non-hydrogen) atoms. The van der Waals surface area contributed by atoms with Crippen molar-refractivity contribution in [2.75, 3.05) is 7.11 Å². The smallest absolute Gasteiger partial charge is 0.338 e. The van der Waals surface area contributed by atoms with Crippen molar-refractivity contribution in [3.63, 3.8) is 0 Å². The SMILES string of the molecule is C=CN=C(/C=C\C)c1ccc(C2CC2)cc1C(=O)OC. The quantitative estimate of drug-likeness (QED) is 0.601. The van der Waals surface area contributed by atoms with Crippen LogP contribution in [0.2, 0.25) is 0 Å². The van der Waals surface area contributed by atoms with Crippen LogP contribution in [-0.2, 0) is 4.74 Å². The molecule has 0 aromatic heterocycles. The molecule has 1 fully saturated rings. The van der Waals surface area contributed by atoms with Crippen molar-refractivity contribution in [2.24, 2.45) is 4.99 Å². The lowest BCUT2D eigenvalue weighted by atomic mass is 9.98. The normalized spacial score (nSPS) is 15.4. The van der Waals surface area contributed by atoms with E-state index in [2.05, 4.69) is 17.6 Å². The molecular formula is C17H19NO2. The van der Waals surface area contributed by atoms with Crippen LogP contribution in [0.15, 0.2) is 48.1 Å². The Morgan fingerprint density at radius 3 is 2.70 bits per heavy atom. The molecule has 0 amide bonds. The van der Waals surface area contributed by atoms with Crippen LogP contribution < -0.4 is 0 Å². The summed E-state index contributed by atoms with van der Waals surface area (Å²) in [6, 6.07) is 5.95. The highest BCUT2D eigenvalue weighted by Gasteiger charge is 2.25. The number of aliphatic imine (C=N–C) groups is 1. The Balaban J connectivity index is 2.52. The van der Waals surface area contributed by atoms with Gasteiger partial charge in [-0.25, -0.2) is 4.79 Å². The summed E-state index contributed by atoms with van der Waals surface area (Å²) in [5, 5.41) is 0. The molecule has 0 aliphatic heterocycles. The number of hydrogen-bond acceptors (Lipinski definition) is 3. The molecular weight excluding hydrogens is 250 g/mol. The third kappa shape index (κ3) is 3.05. The Morgan fingerprint density at radius 2 is 2.15 bits per heavy atom. The summed E-state index contributed by atoms with van der Waals surface area (Å²) in [4.78, 5) is 16.3. The number of carbonyl (C=O) groups is 1. The van der Waals surface area contributed by atoms with Gasteiger partial charge in [0, 0.05) is 11.8 Å². The second-order valence-electron chi connectivity index (χ2n) is 4.77. The molecule has 0 N–H and O–H groups in total. The topological polar surface area (TPSA) is 38.7 Å². The molecule has 0 spiro atoms. The molecule has 1 aliphatic carbocycles. The van der Waals surface area contributed by atoms with Gasteiger partial charge in [0.25, 0.3) is 0 Å². The largest absolute Gasteiger partial charge is 0.465 e. The lowest BCUT2D eigenvalue weighted by molar-refractivity contribution is 0.0600. The minimum atomic E-state index is -0.330. The first-order chi connectivity index (χ1) is 9.71. The fourth-order valence-electron chi connectivity index (χ4n) is 2.19. The second-order valence-corrected chi connectivity index (χ2v) is 4.77. The third-order valence-corrected chi connectivity index (χ3v) is 3.33. The summed E-state index contributed by atoms with van der Waals surface area (Å²) < 4.78 is 4.89. The molecule has 0 saturated heterocycles. The lowest BCUT2D eigenvalue weighted by Crippen LogP contribution is -2.10. The number of methoxy groups -OCH3 is 1. The average Bonchev–Trinajstić information content (AvgIpc) is 3.30. The van der Waals surface area contributed by atoms with Crippen LogP contribution in [0.4, 0.5) is 0 Å². The maximum absolute atomic E-state index is 12.0. The molecule has 0 unspecified atom stereocenters. The van der Waals surface area contributed by atoms with E-state index in [1.807, 2.05) is 31.2 Å². The zero-order valence-corrected chi connectivity index (χ0v) is 11.9. The van der Waals surface area contributed by atoms with Crippen molar-refractivity contribution in [1.29, 1.82) is 0 Å². The highest BCUT2D eigenvalue weighted by Crippen LogP contribution is 2.40. The van der Waals surface area contributed by atoms with E-state index < -0.39 is 0 Å². The molecule has 0 heterocycles. The number of benzene rings is 1. The van der Waals surface area contributed by atoms with Gasteiger partial charge in [-0.1, -0.05) is 24.8 Å². The molecule has 2 rings (SSSR count). The number of hydrogen-bond donors (Lipinski definition) is 0. The van der Waals surface area contributed by atoms with E-state index in [9.17, 15) is 4.79 Å². The first kappa shape index (κ1) is 14.3. The van der Waals surface area contributed by atoms with Crippen LogP contribution in [0, 0.1) is 0 Å². The number of allylic oxidation sites excluding steroid dienone is 2. The fourth-order valence-corrected chi connectivity index (χ4v) is 2.19. The monoisotopic (exact) mass is 269 g/mol. The Labute approximate surface area is 119 Å². The second kappa shape index (κ2) is 6.33. The number of rotatable bonds is 5. The zero-order valence-electron chi connectivity index (χ0n) is 11.9. The van der Waals surface area contributed by atoms with Crippen LogP contribution in [0.1, 0.15) is 47.2 Å². The summed E-state index contributed by atoms with van der Waals surface area (Å²) in [5.41, 5.74) is 3.26. The van der Waals surface area contributed by atoms with E-state index in [0.29, 0.717) is 17.2 Å². The first-order valence-electron chi connectivity index (χ1n) is 6.75. The molecule has 0 atom stereocenters. The number of carbonyl (C=O) groups excluding carboxylic acids is 1. The summed E-state index contributed by atoms with van der Waals surface area (Å²) in [6.45, 7) is 5.53. The maximum atomic E-state index is 12.0. The van der Waals surface area contributed by atoms with Gasteiger partial charge in [0.05, 0.1) is 18.4 Å². The lowest BCUT2D eigenvalue weighted by Gasteiger charge is -2.10. The van der Waals surface area contributed by atoms with Crippen LogP contribution in [-0.4, -0.2) is 18.8 Å². The van der Waals surface area contributed by atoms with Crippen molar-refractivity contribution in [3.05, 3.63) is 59.8 Å². The van der Waals surface area contributed by atoms with E-state index in [1.54, 1.807) is 0 Å². The summed E-state index contributed by atoms with van der Waals surface area (Å²) in [5.74, 6) is 0.262. The summed E-state index contributed by atoms with van der Waals surface area (Å²) in [6.07, 6.45) is 7.62. The van der Waals surface area contributed by atoms with E-state index >= 15 is 0 Å². The predicted molar refractivity (Wildman–Crippen MR) is 81.3 cm³/mol. The number of nitrogens with zero attached hydrogens (tertiary/aromatic N) is 1. The molecule has 1 aromatic rings. The third-order valence-electron chi connectivity index (χ3n) is 3.33. The Kier molecular flexibility index (Phi) is 4.51. The van der Waals surface area contributed by atoms with Crippen LogP contribution in [0.3, 0.4) is 0 Å². The molecule has 0 bridgehead atoms. The van der Waals surface area contributed by atoms with Gasteiger partial charge in [0.1, 0.15) is 0 Å². The number of ether oxygens (including phenoxy) is 1. The van der Waals surface area contributed by atoms with Crippen molar-refractivity contribution < 1.29 is 9.53 Å². The molecule has 1 aliphatic rings. The Morgan fingerprint density at radius 1 is 1.40 bits per heavy atom. The summed E-state index contributed by atoms with van der Waals surface area (Å²) in [7, 11) is 1.40. The van der Waals surface area contributed by atoms with Crippen molar-refractivity contribution in [3.8, 4) is 0 Å². The van der Waals surface area contributed by atoms with Gasteiger partial charge >= 0.3 is 5.97 Å². The molecule has 1 aromatic carbocycles. The molecule has 0 radical (unpaired) electrons. The molecule has 3 heteroatoms. The van der Waals surface area contributed by atoms with Gasteiger partial charge < -0.3 is 4.74 Å². The highest BCUT2D eigenvalue weighted by molar-refractivity contribution is 6.14. The molecule has 104 valence electrons. The Hall–Kier alpha value is -2.16. The Bertz CT molecular complexity index is 581. The van der Waals surface area contributed by atoms with Crippen LogP contribution >= 0.6 is 0 Å². The van der Waals surface area contributed by atoms with Gasteiger partial charge in [-0.15, -0.1) is 0 Å².